The minimum Gasteiger partial charge on any atom is -0.377 e. The van der Waals surface area contributed by atoms with Gasteiger partial charge in [0.2, 0.25) is 0 Å². The van der Waals surface area contributed by atoms with Crippen LogP contribution in [0.1, 0.15) is 20.3 Å². The zero-order valence-corrected chi connectivity index (χ0v) is 10.8. The third-order valence-corrected chi connectivity index (χ3v) is 4.57. The topological polar surface area (TPSA) is 21.3 Å². The average molecular weight is 269 g/mol. The summed E-state index contributed by atoms with van der Waals surface area (Å²) in [5, 5.41) is 3.25. The smallest absolute Gasteiger partial charge is 0.377 e. The minimum atomic E-state index is -4.12. The van der Waals surface area contributed by atoms with Crippen LogP contribution in [0.4, 0.5) is 13.2 Å². The maximum absolute atomic E-state index is 12.0. The quantitative estimate of drug-likeness (QED) is 0.793. The summed E-state index contributed by atoms with van der Waals surface area (Å²) >= 11 is 0.0418. The molecule has 2 nitrogen and oxygen atoms in total. The van der Waals surface area contributed by atoms with E-state index < -0.39 is 5.51 Å². The Bertz CT molecular complexity index is 282. The molecule has 3 atom stereocenters. The molecule has 6 heteroatoms. The average Bonchev–Trinajstić information content (AvgIpc) is 2.61. The number of alkyl halides is 3. The lowest BCUT2D eigenvalue weighted by atomic mass is 9.57. The molecule has 0 bridgehead atoms. The van der Waals surface area contributed by atoms with Crippen LogP contribution < -0.4 is 5.32 Å². The van der Waals surface area contributed by atoms with Gasteiger partial charge >= 0.3 is 5.51 Å². The molecule has 0 aromatic rings. The number of fused-ring (bicyclic) bond motifs is 1. The van der Waals surface area contributed by atoms with Gasteiger partial charge in [0.15, 0.2) is 0 Å². The van der Waals surface area contributed by atoms with Crippen LogP contribution in [-0.4, -0.2) is 36.6 Å². The third-order valence-electron chi connectivity index (χ3n) is 3.83. The molecule has 2 rings (SSSR count). The highest BCUT2D eigenvalue weighted by molar-refractivity contribution is 8.00. The molecule has 0 aromatic heterocycles. The number of thioether (sulfide) groups is 1. The Morgan fingerprint density at radius 3 is 2.76 bits per heavy atom. The molecule has 1 heterocycles. The summed E-state index contributed by atoms with van der Waals surface area (Å²) in [5.74, 6) is 0.565. The maximum Gasteiger partial charge on any atom is 0.441 e. The molecule has 0 spiro atoms. The summed E-state index contributed by atoms with van der Waals surface area (Å²) < 4.78 is 41.5. The monoisotopic (exact) mass is 269 g/mol. The predicted octanol–water partition coefficient (Wildman–Crippen LogP) is 2.64. The molecule has 1 saturated heterocycles. The van der Waals surface area contributed by atoms with Crippen LogP contribution in [0.2, 0.25) is 0 Å². The summed E-state index contributed by atoms with van der Waals surface area (Å²) in [6.07, 6.45) is 1.31. The van der Waals surface area contributed by atoms with Gasteiger partial charge in [0.05, 0.1) is 6.10 Å². The van der Waals surface area contributed by atoms with E-state index >= 15 is 0 Å². The van der Waals surface area contributed by atoms with E-state index in [4.69, 9.17) is 4.74 Å². The van der Waals surface area contributed by atoms with Gasteiger partial charge in [0, 0.05) is 36.3 Å². The van der Waals surface area contributed by atoms with Crippen molar-refractivity contribution in [1.82, 2.24) is 5.32 Å². The fraction of sp³-hybridized carbons (Fsp3) is 1.00. The summed E-state index contributed by atoms with van der Waals surface area (Å²) in [4.78, 5) is 0. The van der Waals surface area contributed by atoms with Crippen LogP contribution in [-0.2, 0) is 4.74 Å². The van der Waals surface area contributed by atoms with Gasteiger partial charge < -0.3 is 10.1 Å². The zero-order valence-electron chi connectivity index (χ0n) is 10.0. The Morgan fingerprint density at radius 2 is 2.12 bits per heavy atom. The highest BCUT2D eigenvalue weighted by Gasteiger charge is 2.58. The van der Waals surface area contributed by atoms with Gasteiger partial charge in [-0.1, -0.05) is 13.8 Å². The van der Waals surface area contributed by atoms with E-state index in [2.05, 4.69) is 19.2 Å². The molecule has 0 radical (unpaired) electrons. The molecule has 1 aliphatic carbocycles. The lowest BCUT2D eigenvalue weighted by Gasteiger charge is -2.55. The normalized spacial score (nSPS) is 35.5. The van der Waals surface area contributed by atoms with Crippen molar-refractivity contribution < 1.29 is 17.9 Å². The SMILES string of the molecule is CC1(C)C(NCCSC(F)(F)F)C2CCOC21. The van der Waals surface area contributed by atoms with Crippen molar-refractivity contribution in [1.29, 1.82) is 0 Å². The van der Waals surface area contributed by atoms with E-state index in [1.54, 1.807) is 0 Å². The maximum atomic E-state index is 12.0. The van der Waals surface area contributed by atoms with Crippen molar-refractivity contribution >= 4 is 11.8 Å². The van der Waals surface area contributed by atoms with Crippen molar-refractivity contribution in [3.8, 4) is 0 Å². The van der Waals surface area contributed by atoms with Gasteiger partial charge in [-0.25, -0.2) is 0 Å². The number of hydrogen-bond donors (Lipinski definition) is 1. The molecule has 0 aromatic carbocycles. The summed E-state index contributed by atoms with van der Waals surface area (Å²) in [6, 6.07) is 0.295. The van der Waals surface area contributed by atoms with Crippen LogP contribution in [0.25, 0.3) is 0 Å². The second kappa shape index (κ2) is 4.63. The van der Waals surface area contributed by atoms with Crippen LogP contribution in [0.15, 0.2) is 0 Å². The predicted molar refractivity (Wildman–Crippen MR) is 61.9 cm³/mol. The molecule has 1 N–H and O–H groups in total. The number of halogens is 3. The first-order chi connectivity index (χ1) is 7.82. The molecular weight excluding hydrogens is 251 g/mol. The molecule has 17 heavy (non-hydrogen) atoms. The molecule has 1 aliphatic heterocycles. The van der Waals surface area contributed by atoms with Gasteiger partial charge in [-0.3, -0.25) is 0 Å². The Hall–Kier alpha value is 0.0600. The number of ether oxygens (including phenoxy) is 1. The van der Waals surface area contributed by atoms with Gasteiger partial charge in [0.25, 0.3) is 0 Å². The van der Waals surface area contributed by atoms with Gasteiger partial charge in [-0.15, -0.1) is 0 Å². The Balaban J connectivity index is 1.73. The molecular formula is C11H18F3NOS. The summed E-state index contributed by atoms with van der Waals surface area (Å²) in [7, 11) is 0. The standard InChI is InChI=1S/C11H18F3NOS/c1-10(2)8(7-3-5-16-9(7)10)15-4-6-17-11(12,13)14/h7-9,15H,3-6H2,1-2H3. The third kappa shape index (κ3) is 2.74. The van der Waals surface area contributed by atoms with Crippen molar-refractivity contribution in [3.63, 3.8) is 0 Å². The molecule has 3 unspecified atom stereocenters. The lowest BCUT2D eigenvalue weighted by Crippen LogP contribution is -2.66. The molecule has 1 saturated carbocycles. The number of rotatable bonds is 4. The molecule has 100 valence electrons. The molecule has 2 fully saturated rings. The zero-order chi connectivity index (χ0) is 12.7. The largest absolute Gasteiger partial charge is 0.441 e. The van der Waals surface area contributed by atoms with Crippen molar-refractivity contribution in [2.45, 2.75) is 37.9 Å². The number of nitrogens with one attached hydrogen (secondary N) is 1. The Labute approximate surface area is 104 Å². The highest BCUT2D eigenvalue weighted by atomic mass is 32.2. The van der Waals surface area contributed by atoms with Crippen molar-refractivity contribution in [2.75, 3.05) is 18.9 Å². The van der Waals surface area contributed by atoms with E-state index in [0.717, 1.165) is 13.0 Å². The van der Waals surface area contributed by atoms with Crippen molar-refractivity contribution in [2.24, 2.45) is 11.3 Å². The highest BCUT2D eigenvalue weighted by Crippen LogP contribution is 2.52. The fourth-order valence-electron chi connectivity index (χ4n) is 3.12. The second-order valence-corrected chi connectivity index (χ2v) is 6.45. The number of hydrogen-bond acceptors (Lipinski definition) is 3. The molecule has 0 amide bonds. The first kappa shape index (κ1) is 13.5. The van der Waals surface area contributed by atoms with Crippen LogP contribution >= 0.6 is 11.8 Å². The second-order valence-electron chi connectivity index (χ2n) is 5.29. The minimum absolute atomic E-state index is 0.0418. The Kier molecular flexibility index (Phi) is 3.67. The van der Waals surface area contributed by atoms with Crippen LogP contribution in [0.5, 0.6) is 0 Å². The molecule has 2 aliphatic rings. The summed E-state index contributed by atoms with van der Waals surface area (Å²) in [6.45, 7) is 5.43. The van der Waals surface area contributed by atoms with Gasteiger partial charge in [-0.05, 0) is 18.2 Å². The summed E-state index contributed by atoms with van der Waals surface area (Å²) in [5.41, 5.74) is -4.07. The first-order valence-corrected chi connectivity index (χ1v) is 6.86. The Morgan fingerprint density at radius 1 is 1.41 bits per heavy atom. The van der Waals surface area contributed by atoms with Crippen LogP contribution in [0, 0.1) is 11.3 Å². The van der Waals surface area contributed by atoms with Crippen molar-refractivity contribution in [3.05, 3.63) is 0 Å². The van der Waals surface area contributed by atoms with E-state index in [1.165, 1.54) is 0 Å². The first-order valence-electron chi connectivity index (χ1n) is 5.88. The van der Waals surface area contributed by atoms with Gasteiger partial charge in [0.1, 0.15) is 0 Å². The van der Waals surface area contributed by atoms with E-state index in [-0.39, 0.29) is 29.0 Å². The lowest BCUT2D eigenvalue weighted by molar-refractivity contribution is -0.111. The van der Waals surface area contributed by atoms with Crippen LogP contribution in [0.3, 0.4) is 0 Å². The fourth-order valence-corrected chi connectivity index (χ4v) is 3.57. The van der Waals surface area contributed by atoms with E-state index in [9.17, 15) is 13.2 Å². The van der Waals surface area contributed by atoms with Gasteiger partial charge in [-0.2, -0.15) is 13.2 Å². The van der Waals surface area contributed by atoms with E-state index in [1.807, 2.05) is 0 Å². The van der Waals surface area contributed by atoms with E-state index in [0.29, 0.717) is 18.5 Å².